The number of aryl methyl sites for hydroxylation is 1. The van der Waals surface area contributed by atoms with Gasteiger partial charge >= 0.3 is 0 Å². The third-order valence-electron chi connectivity index (χ3n) is 2.19. The maximum Gasteiger partial charge on any atom is 0.0346 e. The summed E-state index contributed by atoms with van der Waals surface area (Å²) in [7, 11) is 0. The second-order valence-corrected chi connectivity index (χ2v) is 3.55. The van der Waals surface area contributed by atoms with Gasteiger partial charge in [0.05, 0.1) is 0 Å². The van der Waals surface area contributed by atoms with Crippen LogP contribution in [0.5, 0.6) is 0 Å². The highest BCUT2D eigenvalue weighted by molar-refractivity contribution is 6.10. The lowest BCUT2D eigenvalue weighted by Gasteiger charge is -2.05. The average Bonchev–Trinajstić information content (AvgIpc) is 2.21. The van der Waals surface area contributed by atoms with Crippen molar-refractivity contribution in [2.24, 2.45) is 4.99 Å². The van der Waals surface area contributed by atoms with Crippen molar-refractivity contribution in [3.63, 3.8) is 0 Å². The molecule has 78 valence electrons. The van der Waals surface area contributed by atoms with Gasteiger partial charge in [0, 0.05) is 11.9 Å². The molecule has 1 aromatic rings. The van der Waals surface area contributed by atoms with Gasteiger partial charge in [-0.25, -0.2) is 0 Å². The predicted molar refractivity (Wildman–Crippen MR) is 68.1 cm³/mol. The van der Waals surface area contributed by atoms with Gasteiger partial charge in [-0.15, -0.1) is 0 Å². The molecule has 1 heteroatoms. The Hall–Kier alpha value is -1.63. The maximum absolute atomic E-state index is 4.23. The van der Waals surface area contributed by atoms with E-state index in [2.05, 4.69) is 36.7 Å². The van der Waals surface area contributed by atoms with E-state index in [4.69, 9.17) is 0 Å². The smallest absolute Gasteiger partial charge is 0.0346 e. The Balaban J connectivity index is 3.05. The SMILES string of the molecule is C=C(C)N=C/C(=C\C)c1ccccc1C. The molecule has 0 aliphatic carbocycles. The molecule has 1 nitrogen and oxygen atoms in total. The van der Waals surface area contributed by atoms with Crippen LogP contribution >= 0.6 is 0 Å². The van der Waals surface area contributed by atoms with Gasteiger partial charge in [0.25, 0.3) is 0 Å². The molecule has 0 aliphatic heterocycles. The predicted octanol–water partition coefficient (Wildman–Crippen LogP) is 4.00. The summed E-state index contributed by atoms with van der Waals surface area (Å²) < 4.78 is 0. The molecule has 1 aromatic carbocycles. The summed E-state index contributed by atoms with van der Waals surface area (Å²) in [5, 5.41) is 0. The van der Waals surface area contributed by atoms with Crippen molar-refractivity contribution in [1.29, 1.82) is 0 Å². The molecule has 0 unspecified atom stereocenters. The molecule has 1 rings (SSSR count). The third-order valence-corrected chi connectivity index (χ3v) is 2.19. The first-order valence-electron chi connectivity index (χ1n) is 5.07. The van der Waals surface area contributed by atoms with E-state index in [-0.39, 0.29) is 0 Å². The van der Waals surface area contributed by atoms with E-state index in [1.165, 1.54) is 11.1 Å². The van der Waals surface area contributed by atoms with Crippen LogP contribution in [0, 0.1) is 6.92 Å². The van der Waals surface area contributed by atoms with Crippen LogP contribution in [0.25, 0.3) is 5.57 Å². The van der Waals surface area contributed by atoms with Gasteiger partial charge in [-0.05, 0) is 37.5 Å². The maximum atomic E-state index is 4.23. The van der Waals surface area contributed by atoms with Gasteiger partial charge in [-0.2, -0.15) is 0 Å². The van der Waals surface area contributed by atoms with Gasteiger partial charge < -0.3 is 0 Å². The van der Waals surface area contributed by atoms with Gasteiger partial charge in [0.1, 0.15) is 0 Å². The molecule has 0 N–H and O–H groups in total. The normalized spacial score (nSPS) is 12.1. The van der Waals surface area contributed by atoms with Crippen molar-refractivity contribution in [1.82, 2.24) is 0 Å². The quantitative estimate of drug-likeness (QED) is 0.652. The molecule has 0 heterocycles. The molecule has 0 amide bonds. The van der Waals surface area contributed by atoms with Crippen molar-refractivity contribution < 1.29 is 0 Å². The second-order valence-electron chi connectivity index (χ2n) is 3.55. The van der Waals surface area contributed by atoms with Gasteiger partial charge in [-0.3, -0.25) is 4.99 Å². The topological polar surface area (TPSA) is 12.4 Å². The van der Waals surface area contributed by atoms with E-state index in [1.807, 2.05) is 32.2 Å². The van der Waals surface area contributed by atoms with Crippen molar-refractivity contribution in [3.8, 4) is 0 Å². The van der Waals surface area contributed by atoms with Gasteiger partial charge in [0.15, 0.2) is 0 Å². The number of hydrogen-bond acceptors (Lipinski definition) is 1. The van der Waals surface area contributed by atoms with Crippen LogP contribution in [0.1, 0.15) is 25.0 Å². The van der Waals surface area contributed by atoms with Crippen LogP contribution in [0.2, 0.25) is 0 Å². The molecule has 15 heavy (non-hydrogen) atoms. The Labute approximate surface area is 91.9 Å². The van der Waals surface area contributed by atoms with Crippen molar-refractivity contribution >= 4 is 11.8 Å². The van der Waals surface area contributed by atoms with Gasteiger partial charge in [0.2, 0.25) is 0 Å². The largest absolute Gasteiger partial charge is 0.262 e. The molecule has 0 aliphatic rings. The molecule has 0 saturated carbocycles. The fraction of sp³-hybridized carbons (Fsp3) is 0.214. The van der Waals surface area contributed by atoms with Crippen molar-refractivity contribution in [2.45, 2.75) is 20.8 Å². The summed E-state index contributed by atoms with van der Waals surface area (Å²) in [6, 6.07) is 8.30. The van der Waals surface area contributed by atoms with Crippen LogP contribution in [0.15, 0.2) is 47.6 Å². The Morgan fingerprint density at radius 2 is 2.00 bits per heavy atom. The van der Waals surface area contributed by atoms with Crippen LogP contribution in [0.3, 0.4) is 0 Å². The molecule has 0 aromatic heterocycles. The van der Waals surface area contributed by atoms with Crippen LogP contribution < -0.4 is 0 Å². The zero-order chi connectivity index (χ0) is 11.3. The molecule has 0 atom stereocenters. The van der Waals surface area contributed by atoms with E-state index < -0.39 is 0 Å². The first-order valence-corrected chi connectivity index (χ1v) is 5.07. The monoisotopic (exact) mass is 199 g/mol. The molecular formula is C14H17N. The molecule has 0 saturated heterocycles. The summed E-state index contributed by atoms with van der Waals surface area (Å²) in [5.74, 6) is 0. The van der Waals surface area contributed by atoms with Crippen LogP contribution in [0.4, 0.5) is 0 Å². The highest BCUT2D eigenvalue weighted by Crippen LogP contribution is 2.17. The minimum atomic E-state index is 0.822. The fourth-order valence-electron chi connectivity index (χ4n) is 1.38. The highest BCUT2D eigenvalue weighted by Gasteiger charge is 2.00. The number of benzene rings is 1. The lowest BCUT2D eigenvalue weighted by atomic mass is 10.0. The van der Waals surface area contributed by atoms with Crippen molar-refractivity contribution in [3.05, 3.63) is 53.7 Å². The molecule has 0 radical (unpaired) electrons. The molecule has 0 bridgehead atoms. The minimum Gasteiger partial charge on any atom is -0.262 e. The van der Waals surface area contributed by atoms with E-state index in [1.54, 1.807) is 0 Å². The Kier molecular flexibility index (Phi) is 4.04. The average molecular weight is 199 g/mol. The number of rotatable bonds is 3. The number of hydrogen-bond donors (Lipinski definition) is 0. The van der Waals surface area contributed by atoms with E-state index in [0.29, 0.717) is 0 Å². The summed E-state index contributed by atoms with van der Waals surface area (Å²) >= 11 is 0. The Morgan fingerprint density at radius 1 is 1.33 bits per heavy atom. The Bertz CT molecular complexity index is 411. The summed E-state index contributed by atoms with van der Waals surface area (Å²) in [5.41, 5.74) is 4.45. The van der Waals surface area contributed by atoms with Crippen LogP contribution in [-0.2, 0) is 0 Å². The lowest BCUT2D eigenvalue weighted by molar-refractivity contribution is 1.34. The van der Waals surface area contributed by atoms with E-state index in [0.717, 1.165) is 11.3 Å². The molecule has 0 fully saturated rings. The highest BCUT2D eigenvalue weighted by atomic mass is 14.7. The van der Waals surface area contributed by atoms with Gasteiger partial charge in [-0.1, -0.05) is 36.9 Å². The van der Waals surface area contributed by atoms with Crippen molar-refractivity contribution in [2.75, 3.05) is 0 Å². The summed E-state index contributed by atoms with van der Waals surface area (Å²) in [6.45, 7) is 9.77. The minimum absolute atomic E-state index is 0.822. The van der Waals surface area contributed by atoms with E-state index in [9.17, 15) is 0 Å². The van der Waals surface area contributed by atoms with Crippen LogP contribution in [-0.4, -0.2) is 6.21 Å². The second kappa shape index (κ2) is 5.30. The zero-order valence-electron chi connectivity index (χ0n) is 9.62. The zero-order valence-corrected chi connectivity index (χ0v) is 9.62. The Morgan fingerprint density at radius 3 is 2.53 bits per heavy atom. The number of allylic oxidation sites excluding steroid dienone is 3. The first kappa shape index (κ1) is 11.4. The standard InChI is InChI=1S/C14H17N/c1-5-13(10-15-11(2)3)14-9-7-6-8-12(14)4/h5-10H,2H2,1,3-4H3/b13-5+,15-10?. The number of aliphatic imine (C=N–C) groups is 1. The fourth-order valence-corrected chi connectivity index (χ4v) is 1.38. The lowest BCUT2D eigenvalue weighted by Crippen LogP contribution is -1.89. The molecule has 0 spiro atoms. The summed E-state index contributed by atoms with van der Waals surface area (Å²) in [6.07, 6.45) is 3.93. The number of nitrogens with zero attached hydrogens (tertiary/aromatic N) is 1. The van der Waals surface area contributed by atoms with E-state index >= 15 is 0 Å². The first-order chi connectivity index (χ1) is 7.15. The molecular weight excluding hydrogens is 182 g/mol. The third kappa shape index (κ3) is 3.21. The summed E-state index contributed by atoms with van der Waals surface area (Å²) in [4.78, 5) is 4.23.